The number of hydrogen-bond donors (Lipinski definition) is 0. The molecule has 1 nitrogen and oxygen atoms in total. The molecule has 0 aromatic rings. The van der Waals surface area contributed by atoms with Gasteiger partial charge in [-0.3, -0.25) is 0 Å². The molecule has 0 aliphatic carbocycles. The van der Waals surface area contributed by atoms with E-state index in [1.165, 1.54) is 0 Å². The van der Waals surface area contributed by atoms with Crippen LogP contribution in [0.4, 0.5) is 0 Å². The Bertz CT molecular complexity index is 135. The average molecular weight is 259 g/mol. The first-order valence-corrected chi connectivity index (χ1v) is 11.9. The van der Waals surface area contributed by atoms with E-state index < -0.39 is 16.6 Å². The van der Waals surface area contributed by atoms with Crippen LogP contribution in [-0.2, 0) is 4.12 Å². The van der Waals surface area contributed by atoms with Crippen molar-refractivity contribution in [3.8, 4) is 0 Å². The van der Waals surface area contributed by atoms with Gasteiger partial charge in [0.2, 0.25) is 0 Å². The smallest absolute Gasteiger partial charge is 0.174 e. The van der Waals surface area contributed by atoms with E-state index in [2.05, 4.69) is 26.2 Å². The fourth-order valence-corrected chi connectivity index (χ4v) is 11.7. The highest BCUT2D eigenvalue weighted by Gasteiger charge is 2.31. The van der Waals surface area contributed by atoms with Crippen molar-refractivity contribution in [2.45, 2.75) is 38.3 Å². The molecule has 0 unspecified atom stereocenters. The Morgan fingerprint density at radius 2 is 1.15 bits per heavy atom. The van der Waals surface area contributed by atoms with Gasteiger partial charge in [-0.25, -0.2) is 0 Å². The van der Waals surface area contributed by atoms with E-state index in [0.29, 0.717) is 11.8 Å². The molecule has 0 fully saturated rings. The van der Waals surface area contributed by atoms with E-state index in [0.717, 1.165) is 12.1 Å². The molecule has 80 valence electrons. The van der Waals surface area contributed by atoms with E-state index in [1.54, 1.807) is 0 Å². The topological polar surface area (TPSA) is 9.23 Å². The quantitative estimate of drug-likeness (QED) is 0.519. The first-order valence-electron chi connectivity index (χ1n) is 4.65. The van der Waals surface area contributed by atoms with Crippen molar-refractivity contribution in [3.05, 3.63) is 0 Å². The van der Waals surface area contributed by atoms with Crippen molar-refractivity contribution >= 4 is 39.8 Å². The molecule has 13 heavy (non-hydrogen) atoms. The zero-order valence-electron chi connectivity index (χ0n) is 8.99. The highest BCUT2D eigenvalue weighted by atomic mass is 35.5. The Kier molecular flexibility index (Phi) is 6.19. The summed E-state index contributed by atoms with van der Waals surface area (Å²) in [6.45, 7) is 8.94. The lowest BCUT2D eigenvalue weighted by molar-refractivity contribution is 0.543. The highest BCUT2D eigenvalue weighted by Crippen LogP contribution is 2.21. The van der Waals surface area contributed by atoms with Gasteiger partial charge < -0.3 is 4.12 Å². The van der Waals surface area contributed by atoms with Crippen LogP contribution in [0.1, 0.15) is 0 Å². The fraction of sp³-hybridized carbons (Fsp3) is 1.00. The average Bonchev–Trinajstić information content (AvgIpc) is 1.82. The Morgan fingerprint density at radius 1 is 0.846 bits per heavy atom. The summed E-state index contributed by atoms with van der Waals surface area (Å²) in [7, 11) is -3.01. The Hall–Kier alpha value is 0.974. The monoisotopic (exact) mass is 258 g/mol. The molecular weight excluding hydrogens is 239 g/mol. The molecule has 5 heteroatoms. The molecule has 0 aromatic heterocycles. The lowest BCUT2D eigenvalue weighted by Gasteiger charge is -2.33. The molecule has 0 aliphatic heterocycles. The van der Waals surface area contributed by atoms with Crippen LogP contribution < -0.4 is 0 Å². The van der Waals surface area contributed by atoms with Crippen LogP contribution >= 0.6 is 23.2 Å². The van der Waals surface area contributed by atoms with Gasteiger partial charge in [0, 0.05) is 11.8 Å². The van der Waals surface area contributed by atoms with Gasteiger partial charge >= 0.3 is 0 Å². The first kappa shape index (κ1) is 14.0. The molecule has 0 rings (SSSR count). The van der Waals surface area contributed by atoms with Crippen LogP contribution in [0.15, 0.2) is 0 Å². The predicted octanol–water partition coefficient (Wildman–Crippen LogP) is 3.89. The predicted molar refractivity (Wildman–Crippen MR) is 67.1 cm³/mol. The molecule has 0 radical (unpaired) electrons. The van der Waals surface area contributed by atoms with Crippen molar-refractivity contribution < 1.29 is 4.12 Å². The van der Waals surface area contributed by atoms with Crippen LogP contribution in [-0.4, -0.2) is 28.4 Å². The molecule has 0 heterocycles. The van der Waals surface area contributed by atoms with Crippen molar-refractivity contribution in [1.29, 1.82) is 0 Å². The van der Waals surface area contributed by atoms with E-state index in [-0.39, 0.29) is 0 Å². The minimum atomic E-state index is -1.50. The first-order chi connectivity index (χ1) is 5.83. The third-order valence-electron chi connectivity index (χ3n) is 1.95. The SMILES string of the molecule is C[Si](C)(CCCl)O[Si](C)(C)CCCl. The van der Waals surface area contributed by atoms with Gasteiger partial charge in [0.1, 0.15) is 0 Å². The van der Waals surface area contributed by atoms with Gasteiger partial charge in [-0.2, -0.15) is 0 Å². The Morgan fingerprint density at radius 3 is 1.38 bits per heavy atom. The largest absolute Gasteiger partial charge is 0.455 e. The maximum absolute atomic E-state index is 6.22. The normalized spacial score (nSPS) is 13.4. The van der Waals surface area contributed by atoms with Gasteiger partial charge in [-0.1, -0.05) is 0 Å². The third-order valence-corrected chi connectivity index (χ3v) is 10.3. The molecule has 0 bridgehead atoms. The second-order valence-electron chi connectivity index (χ2n) is 4.50. The van der Waals surface area contributed by atoms with Gasteiger partial charge in [-0.05, 0) is 38.3 Å². The summed E-state index contributed by atoms with van der Waals surface area (Å²) in [5.74, 6) is 1.43. The van der Waals surface area contributed by atoms with Crippen LogP contribution in [0.5, 0.6) is 0 Å². The van der Waals surface area contributed by atoms with Crippen molar-refractivity contribution in [3.63, 3.8) is 0 Å². The third kappa shape index (κ3) is 6.97. The maximum Gasteiger partial charge on any atom is 0.174 e. The zero-order chi connectivity index (χ0) is 10.5. The molecule has 0 atom stereocenters. The summed E-state index contributed by atoms with van der Waals surface area (Å²) in [5.41, 5.74) is 0. The Labute approximate surface area is 94.0 Å². The molecule has 0 N–H and O–H groups in total. The van der Waals surface area contributed by atoms with Gasteiger partial charge in [0.25, 0.3) is 0 Å². The Balaban J connectivity index is 4.07. The maximum atomic E-state index is 6.22. The summed E-state index contributed by atoms with van der Waals surface area (Å²) < 4.78 is 6.22. The molecule has 0 aliphatic rings. The number of halogens is 2. The number of rotatable bonds is 6. The summed E-state index contributed by atoms with van der Waals surface area (Å²) in [6.07, 6.45) is 0. The summed E-state index contributed by atoms with van der Waals surface area (Å²) in [4.78, 5) is 0. The molecule has 0 saturated carbocycles. The van der Waals surface area contributed by atoms with Crippen molar-refractivity contribution in [2.75, 3.05) is 11.8 Å². The number of alkyl halides is 2. The second kappa shape index (κ2) is 5.76. The number of hydrogen-bond acceptors (Lipinski definition) is 1. The highest BCUT2D eigenvalue weighted by molar-refractivity contribution is 6.85. The lowest BCUT2D eigenvalue weighted by atomic mass is 11.0. The van der Waals surface area contributed by atoms with Crippen LogP contribution in [0, 0.1) is 0 Å². The van der Waals surface area contributed by atoms with E-state index in [1.807, 2.05) is 0 Å². The molecule has 0 amide bonds. The van der Waals surface area contributed by atoms with Crippen molar-refractivity contribution in [2.24, 2.45) is 0 Å². The summed E-state index contributed by atoms with van der Waals surface area (Å²) in [5, 5.41) is 0. The lowest BCUT2D eigenvalue weighted by Crippen LogP contribution is -2.44. The summed E-state index contributed by atoms with van der Waals surface area (Å²) in [6, 6.07) is 2.07. The van der Waals surface area contributed by atoms with E-state index in [4.69, 9.17) is 27.3 Å². The molecule has 0 spiro atoms. The minimum absolute atomic E-state index is 0.713. The van der Waals surface area contributed by atoms with Crippen molar-refractivity contribution in [1.82, 2.24) is 0 Å². The van der Waals surface area contributed by atoms with E-state index >= 15 is 0 Å². The second-order valence-corrected chi connectivity index (χ2v) is 14.1. The summed E-state index contributed by atoms with van der Waals surface area (Å²) >= 11 is 11.5. The minimum Gasteiger partial charge on any atom is -0.455 e. The van der Waals surface area contributed by atoms with E-state index in [9.17, 15) is 0 Å². The van der Waals surface area contributed by atoms with Crippen LogP contribution in [0.2, 0.25) is 38.3 Å². The zero-order valence-corrected chi connectivity index (χ0v) is 12.5. The van der Waals surface area contributed by atoms with Crippen LogP contribution in [0.25, 0.3) is 0 Å². The van der Waals surface area contributed by atoms with Gasteiger partial charge in [0.05, 0.1) is 0 Å². The van der Waals surface area contributed by atoms with Gasteiger partial charge in [-0.15, -0.1) is 23.2 Å². The fourth-order valence-electron chi connectivity index (χ4n) is 1.31. The van der Waals surface area contributed by atoms with Crippen LogP contribution in [0.3, 0.4) is 0 Å². The molecular formula is C8H20Cl2OSi2. The van der Waals surface area contributed by atoms with Gasteiger partial charge in [0.15, 0.2) is 16.6 Å². The standard InChI is InChI=1S/C8H20Cl2OSi2/c1-12(2,7-5-9)11-13(3,4)8-6-10/h5-8H2,1-4H3. The molecule has 0 aromatic carbocycles. The molecule has 0 saturated heterocycles.